The van der Waals surface area contributed by atoms with Gasteiger partial charge in [-0.2, -0.15) is 0 Å². The van der Waals surface area contributed by atoms with Crippen molar-refractivity contribution < 1.29 is 4.74 Å². The second-order valence-electron chi connectivity index (χ2n) is 5.97. The molecule has 23 heavy (non-hydrogen) atoms. The molecule has 2 heterocycles. The van der Waals surface area contributed by atoms with E-state index in [1.807, 2.05) is 25.1 Å². The number of benzene rings is 1. The van der Waals surface area contributed by atoms with E-state index in [9.17, 15) is 4.79 Å². The summed E-state index contributed by atoms with van der Waals surface area (Å²) in [6.45, 7) is 6.61. The Balaban J connectivity index is 1.99. The van der Waals surface area contributed by atoms with Gasteiger partial charge in [0.1, 0.15) is 0 Å². The zero-order valence-electron chi connectivity index (χ0n) is 13.3. The molecule has 6 heteroatoms. The van der Waals surface area contributed by atoms with Crippen LogP contribution in [0.3, 0.4) is 0 Å². The Morgan fingerprint density at radius 1 is 1.30 bits per heavy atom. The van der Waals surface area contributed by atoms with Gasteiger partial charge in [-0.1, -0.05) is 23.7 Å². The van der Waals surface area contributed by atoms with Crippen molar-refractivity contribution in [2.45, 2.75) is 19.5 Å². The summed E-state index contributed by atoms with van der Waals surface area (Å²) >= 11 is 6.24. The van der Waals surface area contributed by atoms with Crippen LogP contribution in [0.2, 0.25) is 5.02 Å². The van der Waals surface area contributed by atoms with Gasteiger partial charge in [-0.15, -0.1) is 0 Å². The van der Waals surface area contributed by atoms with Crippen LogP contribution in [0.25, 0.3) is 10.8 Å². The Bertz CT molecular complexity index is 751. The third-order valence-corrected chi connectivity index (χ3v) is 4.64. The molecule has 0 saturated carbocycles. The van der Waals surface area contributed by atoms with Gasteiger partial charge >= 0.3 is 0 Å². The number of aromatic nitrogens is 1. The molecule has 1 aromatic heterocycles. The highest BCUT2D eigenvalue weighted by molar-refractivity contribution is 6.35. The summed E-state index contributed by atoms with van der Waals surface area (Å²) in [6.07, 6.45) is 0. The number of rotatable bonds is 4. The topological polar surface area (TPSA) is 60.5 Å². The van der Waals surface area contributed by atoms with Gasteiger partial charge in [0, 0.05) is 37.9 Å². The van der Waals surface area contributed by atoms with E-state index in [4.69, 9.17) is 22.1 Å². The molecule has 1 aliphatic rings. The molecule has 0 unspecified atom stereocenters. The summed E-state index contributed by atoms with van der Waals surface area (Å²) in [4.78, 5) is 15.2. The van der Waals surface area contributed by atoms with E-state index >= 15 is 0 Å². The molecule has 0 amide bonds. The second kappa shape index (κ2) is 7.01. The Hall–Kier alpha value is -1.40. The van der Waals surface area contributed by atoms with Crippen LogP contribution in [0, 0.1) is 0 Å². The molecule has 0 bridgehead atoms. The third-order valence-electron chi connectivity index (χ3n) is 4.33. The van der Waals surface area contributed by atoms with Gasteiger partial charge in [-0.05, 0) is 24.4 Å². The molecule has 1 fully saturated rings. The van der Waals surface area contributed by atoms with Crippen LogP contribution in [0.1, 0.15) is 18.7 Å². The largest absolute Gasteiger partial charge is 0.379 e. The van der Waals surface area contributed by atoms with Crippen molar-refractivity contribution in [2.24, 2.45) is 5.73 Å². The van der Waals surface area contributed by atoms with Gasteiger partial charge in [0.15, 0.2) is 0 Å². The lowest BCUT2D eigenvalue weighted by molar-refractivity contribution is 0.0362. The number of nitrogens with zero attached hydrogens (tertiary/aromatic N) is 2. The second-order valence-corrected chi connectivity index (χ2v) is 6.38. The zero-order valence-corrected chi connectivity index (χ0v) is 14.1. The minimum absolute atomic E-state index is 0.0614. The number of nitrogens with two attached hydrogens (primary N) is 1. The molecule has 1 aliphatic heterocycles. The van der Waals surface area contributed by atoms with Crippen LogP contribution in [-0.4, -0.2) is 42.3 Å². The smallest absolute Gasteiger partial charge is 0.260 e. The molecule has 5 nitrogen and oxygen atoms in total. The first-order chi connectivity index (χ1) is 11.1. The van der Waals surface area contributed by atoms with Crippen molar-refractivity contribution in [3.05, 3.63) is 45.3 Å². The summed E-state index contributed by atoms with van der Waals surface area (Å²) in [5.74, 6) is 0. The predicted molar refractivity (Wildman–Crippen MR) is 93.1 cm³/mol. The number of ether oxygens (including phenoxy) is 1. The van der Waals surface area contributed by atoms with Crippen molar-refractivity contribution in [2.75, 3.05) is 32.8 Å². The monoisotopic (exact) mass is 335 g/mol. The van der Waals surface area contributed by atoms with Crippen LogP contribution in [0.15, 0.2) is 29.1 Å². The van der Waals surface area contributed by atoms with E-state index in [0.29, 0.717) is 17.0 Å². The number of morpholine rings is 1. The fraction of sp³-hybridized carbons (Fsp3) is 0.471. The minimum atomic E-state index is -0.212. The lowest BCUT2D eigenvalue weighted by Crippen LogP contribution is -2.40. The number of pyridine rings is 1. The molecular weight excluding hydrogens is 314 g/mol. The maximum atomic E-state index is 12.9. The Morgan fingerprint density at radius 3 is 2.74 bits per heavy atom. The number of fused-ring (bicyclic) bond motifs is 1. The van der Waals surface area contributed by atoms with Gasteiger partial charge in [-0.25, -0.2) is 0 Å². The van der Waals surface area contributed by atoms with Crippen molar-refractivity contribution in [1.82, 2.24) is 9.47 Å². The quantitative estimate of drug-likeness (QED) is 0.928. The first-order valence-electron chi connectivity index (χ1n) is 7.95. The number of hydrogen-bond donors (Lipinski definition) is 1. The van der Waals surface area contributed by atoms with E-state index in [2.05, 4.69) is 4.90 Å². The van der Waals surface area contributed by atoms with E-state index in [1.54, 1.807) is 10.6 Å². The zero-order chi connectivity index (χ0) is 16.4. The summed E-state index contributed by atoms with van der Waals surface area (Å²) in [5.41, 5.74) is 6.88. The average Bonchev–Trinajstić information content (AvgIpc) is 2.54. The summed E-state index contributed by atoms with van der Waals surface area (Å²) in [7, 11) is 0. The Kier molecular flexibility index (Phi) is 5.02. The van der Waals surface area contributed by atoms with Gasteiger partial charge in [-0.3, -0.25) is 9.69 Å². The maximum Gasteiger partial charge on any atom is 0.260 e. The van der Waals surface area contributed by atoms with Gasteiger partial charge < -0.3 is 15.0 Å². The van der Waals surface area contributed by atoms with Crippen LogP contribution in [-0.2, 0) is 11.3 Å². The van der Waals surface area contributed by atoms with E-state index in [0.717, 1.165) is 43.9 Å². The van der Waals surface area contributed by atoms with Gasteiger partial charge in [0.05, 0.1) is 23.6 Å². The lowest BCUT2D eigenvalue weighted by Gasteiger charge is -2.27. The molecule has 0 aliphatic carbocycles. The molecular formula is C17H22ClN3O2. The van der Waals surface area contributed by atoms with Crippen LogP contribution < -0.4 is 11.3 Å². The average molecular weight is 336 g/mol. The highest BCUT2D eigenvalue weighted by Gasteiger charge is 2.16. The molecule has 0 spiro atoms. The van der Waals surface area contributed by atoms with Crippen LogP contribution in [0.4, 0.5) is 0 Å². The molecule has 124 valence electrons. The van der Waals surface area contributed by atoms with Crippen molar-refractivity contribution in [3.63, 3.8) is 0 Å². The minimum Gasteiger partial charge on any atom is -0.379 e. The predicted octanol–water partition coefficient (Wildman–Crippen LogP) is 2.01. The SMILES string of the molecule is C[C@H](N)c1cc2cccc(Cl)c2c(=O)n1CCN1CCOCC1. The highest BCUT2D eigenvalue weighted by atomic mass is 35.5. The molecule has 0 radical (unpaired) electrons. The highest BCUT2D eigenvalue weighted by Crippen LogP contribution is 2.22. The van der Waals surface area contributed by atoms with Crippen molar-refractivity contribution in [3.8, 4) is 0 Å². The third kappa shape index (κ3) is 3.43. The maximum absolute atomic E-state index is 12.9. The first kappa shape index (κ1) is 16.5. The lowest BCUT2D eigenvalue weighted by atomic mass is 10.1. The Morgan fingerprint density at radius 2 is 2.04 bits per heavy atom. The van der Waals surface area contributed by atoms with E-state index < -0.39 is 0 Å². The summed E-state index contributed by atoms with van der Waals surface area (Å²) in [5, 5.41) is 1.90. The molecule has 2 N–H and O–H groups in total. The molecule has 1 aromatic carbocycles. The van der Waals surface area contributed by atoms with Gasteiger partial charge in [0.25, 0.3) is 5.56 Å². The van der Waals surface area contributed by atoms with E-state index in [1.165, 1.54) is 0 Å². The molecule has 3 rings (SSSR count). The normalized spacial score (nSPS) is 17.5. The van der Waals surface area contributed by atoms with Crippen LogP contribution >= 0.6 is 11.6 Å². The molecule has 1 atom stereocenters. The fourth-order valence-corrected chi connectivity index (χ4v) is 3.31. The number of halogens is 1. The summed E-state index contributed by atoms with van der Waals surface area (Å²) < 4.78 is 7.14. The summed E-state index contributed by atoms with van der Waals surface area (Å²) in [6, 6.07) is 7.28. The molecule has 1 saturated heterocycles. The Labute approximate surface area is 140 Å². The first-order valence-corrected chi connectivity index (χ1v) is 8.33. The molecule has 2 aromatic rings. The van der Waals surface area contributed by atoms with E-state index in [-0.39, 0.29) is 11.6 Å². The number of hydrogen-bond acceptors (Lipinski definition) is 4. The van der Waals surface area contributed by atoms with Crippen molar-refractivity contribution in [1.29, 1.82) is 0 Å². The van der Waals surface area contributed by atoms with Crippen molar-refractivity contribution >= 4 is 22.4 Å². The fourth-order valence-electron chi connectivity index (χ4n) is 3.05. The standard InChI is InChI=1S/C17H22ClN3O2/c1-12(19)15-11-13-3-2-4-14(18)16(13)17(22)21(15)6-5-20-7-9-23-10-8-20/h2-4,11-12H,5-10,19H2,1H3/t12-/m0/s1. The van der Waals surface area contributed by atoms with Crippen LogP contribution in [0.5, 0.6) is 0 Å². The van der Waals surface area contributed by atoms with Gasteiger partial charge in [0.2, 0.25) is 0 Å².